The molecule has 1 fully saturated rings. The number of rotatable bonds is 8. The van der Waals surface area contributed by atoms with Crippen LogP contribution in [0, 0.1) is 0 Å². The molecule has 1 amide bonds. The average Bonchev–Trinajstić information content (AvgIpc) is 3.42. The molecule has 6 rings (SSSR count). The number of likely N-dealkylation sites (tertiary alicyclic amines) is 1. The van der Waals surface area contributed by atoms with E-state index in [2.05, 4.69) is 39.5 Å². The lowest BCUT2D eigenvalue weighted by molar-refractivity contribution is 0.0909. The van der Waals surface area contributed by atoms with Crippen molar-refractivity contribution in [3.8, 4) is 17.1 Å². The highest BCUT2D eigenvalue weighted by molar-refractivity contribution is 5.97. The number of aromatic amines is 1. The Morgan fingerprint density at radius 2 is 1.56 bits per heavy atom. The molecular weight excluding hydrogens is 484 g/mol. The van der Waals surface area contributed by atoms with Crippen molar-refractivity contribution in [2.45, 2.75) is 32.0 Å². The summed E-state index contributed by atoms with van der Waals surface area (Å²) in [5, 5.41) is 3.24. The van der Waals surface area contributed by atoms with Gasteiger partial charge in [-0.25, -0.2) is 4.98 Å². The van der Waals surface area contributed by atoms with Crippen molar-refractivity contribution in [3.05, 3.63) is 120 Å². The highest BCUT2D eigenvalue weighted by Crippen LogP contribution is 2.24. The SMILES string of the molecule is O=C(NC1CCN(Cc2ccccc2)CC1)c1ccc2nc(-c3ccc(OCc4ccccc4)cc3)[nH]c2c1. The maximum absolute atomic E-state index is 13.0. The van der Waals surface area contributed by atoms with Gasteiger partial charge in [0, 0.05) is 36.8 Å². The first-order valence-electron chi connectivity index (χ1n) is 13.5. The number of carbonyl (C=O) groups excluding carboxylic acids is 1. The zero-order chi connectivity index (χ0) is 26.4. The third-order valence-corrected chi connectivity index (χ3v) is 7.29. The highest BCUT2D eigenvalue weighted by Gasteiger charge is 2.21. The van der Waals surface area contributed by atoms with Crippen LogP contribution in [-0.4, -0.2) is 39.9 Å². The summed E-state index contributed by atoms with van der Waals surface area (Å²) < 4.78 is 5.90. The summed E-state index contributed by atoms with van der Waals surface area (Å²) in [5.74, 6) is 1.54. The normalized spacial score (nSPS) is 14.4. The van der Waals surface area contributed by atoms with Gasteiger partial charge in [0.2, 0.25) is 0 Å². The van der Waals surface area contributed by atoms with Crippen LogP contribution in [0.2, 0.25) is 0 Å². The van der Waals surface area contributed by atoms with E-state index in [1.165, 1.54) is 5.56 Å². The minimum absolute atomic E-state index is 0.0329. The van der Waals surface area contributed by atoms with Crippen molar-refractivity contribution >= 4 is 16.9 Å². The lowest BCUT2D eigenvalue weighted by atomic mass is 10.0. The number of H-pyrrole nitrogens is 1. The van der Waals surface area contributed by atoms with Gasteiger partial charge in [0.1, 0.15) is 18.2 Å². The number of benzene rings is 4. The molecular formula is C33H32N4O2. The Balaban J connectivity index is 1.05. The predicted molar refractivity (Wildman–Crippen MR) is 155 cm³/mol. The average molecular weight is 517 g/mol. The number of hydrogen-bond acceptors (Lipinski definition) is 4. The van der Waals surface area contributed by atoms with E-state index in [9.17, 15) is 4.79 Å². The van der Waals surface area contributed by atoms with Crippen molar-refractivity contribution < 1.29 is 9.53 Å². The van der Waals surface area contributed by atoms with Crippen LogP contribution in [0.5, 0.6) is 5.75 Å². The van der Waals surface area contributed by atoms with Crippen LogP contribution >= 0.6 is 0 Å². The molecule has 4 aromatic carbocycles. The quantitative estimate of drug-likeness (QED) is 0.258. The predicted octanol–water partition coefficient (Wildman–Crippen LogP) is 6.20. The van der Waals surface area contributed by atoms with Crippen LogP contribution < -0.4 is 10.1 Å². The Kier molecular flexibility index (Phi) is 7.36. The Morgan fingerprint density at radius 3 is 2.28 bits per heavy atom. The van der Waals surface area contributed by atoms with E-state index >= 15 is 0 Å². The summed E-state index contributed by atoms with van der Waals surface area (Å²) in [5.41, 5.74) is 5.76. The Bertz CT molecular complexity index is 1520. The summed E-state index contributed by atoms with van der Waals surface area (Å²) in [7, 11) is 0. The minimum atomic E-state index is -0.0329. The lowest BCUT2D eigenvalue weighted by Crippen LogP contribution is -2.44. The van der Waals surface area contributed by atoms with Gasteiger partial charge in [0.25, 0.3) is 5.91 Å². The number of nitrogens with one attached hydrogen (secondary N) is 2. The Labute approximate surface area is 228 Å². The van der Waals surface area contributed by atoms with Crippen molar-refractivity contribution in [3.63, 3.8) is 0 Å². The van der Waals surface area contributed by atoms with Gasteiger partial charge in [-0.05, 0) is 66.4 Å². The van der Waals surface area contributed by atoms with E-state index in [0.29, 0.717) is 12.2 Å². The molecule has 196 valence electrons. The van der Waals surface area contributed by atoms with Crippen LogP contribution in [0.15, 0.2) is 103 Å². The standard InChI is InChI=1S/C33H32N4O2/c38-33(34-28-17-19-37(20-18-28)22-24-7-3-1-4-8-24)27-13-16-30-31(21-27)36-32(35-30)26-11-14-29(15-12-26)39-23-25-9-5-2-6-10-25/h1-16,21,28H,17-20,22-23H2,(H,34,38)(H,35,36). The topological polar surface area (TPSA) is 70.2 Å². The molecule has 0 unspecified atom stereocenters. The fourth-order valence-electron chi connectivity index (χ4n) is 5.08. The van der Waals surface area contributed by atoms with E-state index in [0.717, 1.165) is 66.2 Å². The van der Waals surface area contributed by atoms with Crippen LogP contribution in [0.3, 0.4) is 0 Å². The van der Waals surface area contributed by atoms with Gasteiger partial charge < -0.3 is 15.0 Å². The van der Waals surface area contributed by atoms with Gasteiger partial charge in [-0.1, -0.05) is 60.7 Å². The first-order chi connectivity index (χ1) is 19.2. The number of nitrogens with zero attached hydrogens (tertiary/aromatic N) is 2. The lowest BCUT2D eigenvalue weighted by Gasteiger charge is -2.32. The molecule has 5 aromatic rings. The van der Waals surface area contributed by atoms with Crippen molar-refractivity contribution in [2.75, 3.05) is 13.1 Å². The fourth-order valence-corrected chi connectivity index (χ4v) is 5.08. The summed E-state index contributed by atoms with van der Waals surface area (Å²) >= 11 is 0. The molecule has 0 radical (unpaired) electrons. The number of piperidine rings is 1. The summed E-state index contributed by atoms with van der Waals surface area (Å²) in [4.78, 5) is 23.6. The maximum atomic E-state index is 13.0. The van der Waals surface area contributed by atoms with E-state index in [4.69, 9.17) is 9.72 Å². The van der Waals surface area contributed by atoms with Crippen LogP contribution in [-0.2, 0) is 13.2 Å². The van der Waals surface area contributed by atoms with Crippen molar-refractivity contribution in [1.82, 2.24) is 20.2 Å². The number of aromatic nitrogens is 2. The number of carbonyl (C=O) groups is 1. The third kappa shape index (κ3) is 6.19. The first kappa shape index (κ1) is 24.9. The molecule has 0 bridgehead atoms. The second-order valence-electron chi connectivity index (χ2n) is 10.1. The van der Waals surface area contributed by atoms with Crippen molar-refractivity contribution in [2.24, 2.45) is 0 Å². The molecule has 1 aromatic heterocycles. The molecule has 2 N–H and O–H groups in total. The van der Waals surface area contributed by atoms with E-state index in [1.807, 2.05) is 78.9 Å². The van der Waals surface area contributed by atoms with Gasteiger partial charge in [-0.2, -0.15) is 0 Å². The molecule has 1 aliphatic rings. The van der Waals surface area contributed by atoms with Gasteiger partial charge in [0.15, 0.2) is 0 Å². The van der Waals surface area contributed by atoms with Gasteiger partial charge in [0.05, 0.1) is 11.0 Å². The molecule has 2 heterocycles. The van der Waals surface area contributed by atoms with Gasteiger partial charge in [-0.15, -0.1) is 0 Å². The van der Waals surface area contributed by atoms with Gasteiger partial charge in [-0.3, -0.25) is 9.69 Å². The highest BCUT2D eigenvalue weighted by atomic mass is 16.5. The maximum Gasteiger partial charge on any atom is 0.251 e. The van der Waals surface area contributed by atoms with E-state index in [1.54, 1.807) is 0 Å². The second kappa shape index (κ2) is 11.5. The first-order valence-corrected chi connectivity index (χ1v) is 13.5. The molecule has 6 heteroatoms. The number of ether oxygens (including phenoxy) is 1. The molecule has 39 heavy (non-hydrogen) atoms. The summed E-state index contributed by atoms with van der Waals surface area (Å²) in [6, 6.07) is 34.4. The molecule has 0 spiro atoms. The van der Waals surface area contributed by atoms with Crippen LogP contribution in [0.1, 0.15) is 34.3 Å². The Hall–Kier alpha value is -4.42. The van der Waals surface area contributed by atoms with Crippen LogP contribution in [0.25, 0.3) is 22.4 Å². The smallest absolute Gasteiger partial charge is 0.251 e. The van der Waals surface area contributed by atoms with Crippen LogP contribution in [0.4, 0.5) is 0 Å². The van der Waals surface area contributed by atoms with Gasteiger partial charge >= 0.3 is 0 Å². The summed E-state index contributed by atoms with van der Waals surface area (Å²) in [6.45, 7) is 3.46. The largest absolute Gasteiger partial charge is 0.489 e. The van der Waals surface area contributed by atoms with Crippen molar-refractivity contribution in [1.29, 1.82) is 0 Å². The molecule has 0 aliphatic carbocycles. The number of hydrogen-bond donors (Lipinski definition) is 2. The fraction of sp³-hybridized carbons (Fsp3) is 0.212. The molecule has 1 aliphatic heterocycles. The minimum Gasteiger partial charge on any atom is -0.489 e. The number of amides is 1. The monoisotopic (exact) mass is 516 g/mol. The summed E-state index contributed by atoms with van der Waals surface area (Å²) in [6.07, 6.45) is 1.92. The Morgan fingerprint density at radius 1 is 0.872 bits per heavy atom. The zero-order valence-corrected chi connectivity index (χ0v) is 21.8. The third-order valence-electron chi connectivity index (χ3n) is 7.29. The van der Waals surface area contributed by atoms with E-state index < -0.39 is 0 Å². The molecule has 0 saturated carbocycles. The number of fused-ring (bicyclic) bond motifs is 1. The zero-order valence-electron chi connectivity index (χ0n) is 21.8. The second-order valence-corrected chi connectivity index (χ2v) is 10.1. The molecule has 1 saturated heterocycles. The number of imidazole rings is 1. The molecule has 6 nitrogen and oxygen atoms in total. The molecule has 0 atom stereocenters. The van der Waals surface area contributed by atoms with E-state index in [-0.39, 0.29) is 11.9 Å².